The van der Waals surface area contributed by atoms with Gasteiger partial charge in [0.25, 0.3) is 0 Å². The fourth-order valence-corrected chi connectivity index (χ4v) is 6.97. The maximum atomic E-state index is 13.8. The Kier molecular flexibility index (Phi) is 5.53. The summed E-state index contributed by atoms with van der Waals surface area (Å²) in [5, 5.41) is 0. The van der Waals surface area contributed by atoms with E-state index in [4.69, 9.17) is 0 Å². The Morgan fingerprint density at radius 2 is 1.23 bits per heavy atom. The van der Waals surface area contributed by atoms with Gasteiger partial charge in [-0.1, -0.05) is 6.92 Å². The van der Waals surface area contributed by atoms with E-state index in [2.05, 4.69) is 32.6 Å². The smallest absolute Gasteiger partial charge is 0.244 e. The van der Waals surface area contributed by atoms with Crippen LogP contribution in [0.1, 0.15) is 60.4 Å². The van der Waals surface area contributed by atoms with Crippen LogP contribution in [-0.4, -0.2) is 49.3 Å². The second-order valence-corrected chi connectivity index (χ2v) is 9.97. The minimum atomic E-state index is -3.47. The van der Waals surface area contributed by atoms with Crippen molar-refractivity contribution in [1.82, 2.24) is 9.21 Å². The average molecular weight is 379 g/mol. The van der Waals surface area contributed by atoms with Crippen LogP contribution in [0.4, 0.5) is 0 Å². The lowest BCUT2D eigenvalue weighted by atomic mass is 9.95. The molecule has 1 aliphatic heterocycles. The minimum absolute atomic E-state index is 0.149. The van der Waals surface area contributed by atoms with Crippen LogP contribution >= 0.6 is 0 Å². The van der Waals surface area contributed by atoms with Crippen LogP contribution in [0.15, 0.2) is 4.90 Å². The maximum absolute atomic E-state index is 13.8. The molecule has 146 valence electrons. The summed E-state index contributed by atoms with van der Waals surface area (Å²) >= 11 is 0. The Balaban J connectivity index is 2.03. The molecular formula is C21H34N2O2S. The molecule has 1 aromatic rings. The molecule has 0 unspecified atom stereocenters. The molecule has 4 nitrogen and oxygen atoms in total. The first-order valence-electron chi connectivity index (χ1n) is 10.0. The van der Waals surface area contributed by atoms with Crippen LogP contribution < -0.4 is 0 Å². The third-order valence-electron chi connectivity index (χ3n) is 6.74. The van der Waals surface area contributed by atoms with Gasteiger partial charge in [-0.05, 0) is 108 Å². The highest BCUT2D eigenvalue weighted by atomic mass is 32.2. The predicted molar refractivity (Wildman–Crippen MR) is 107 cm³/mol. The van der Waals surface area contributed by atoms with Crippen LogP contribution in [0.25, 0.3) is 0 Å². The average Bonchev–Trinajstić information content (AvgIpc) is 3.43. The molecule has 1 aromatic carbocycles. The van der Waals surface area contributed by atoms with Crippen molar-refractivity contribution in [3.8, 4) is 0 Å². The second-order valence-electron chi connectivity index (χ2n) is 8.19. The molecule has 0 N–H and O–H groups in total. The molecule has 26 heavy (non-hydrogen) atoms. The Bertz CT molecular complexity index is 760. The molecule has 0 radical (unpaired) electrons. The number of rotatable bonds is 5. The summed E-state index contributed by atoms with van der Waals surface area (Å²) in [5.41, 5.74) is 5.31. The van der Waals surface area contributed by atoms with Gasteiger partial charge in [0.2, 0.25) is 10.0 Å². The molecular weight excluding hydrogens is 344 g/mol. The lowest BCUT2D eigenvalue weighted by Crippen LogP contribution is -2.48. The summed E-state index contributed by atoms with van der Waals surface area (Å²) in [6.45, 7) is 15.4. The van der Waals surface area contributed by atoms with Crippen molar-refractivity contribution in [3.63, 3.8) is 0 Å². The van der Waals surface area contributed by atoms with Gasteiger partial charge >= 0.3 is 0 Å². The van der Waals surface area contributed by atoms with E-state index < -0.39 is 10.0 Å². The lowest BCUT2D eigenvalue weighted by Gasteiger charge is -2.38. The fourth-order valence-electron chi connectivity index (χ4n) is 4.47. The molecule has 2 aliphatic rings. The highest BCUT2D eigenvalue weighted by molar-refractivity contribution is 7.89. The van der Waals surface area contributed by atoms with Crippen molar-refractivity contribution in [2.75, 3.05) is 19.6 Å². The molecule has 5 heteroatoms. The highest BCUT2D eigenvalue weighted by Gasteiger charge is 2.44. The Labute approximate surface area is 159 Å². The zero-order valence-electron chi connectivity index (χ0n) is 17.2. The van der Waals surface area contributed by atoms with Crippen LogP contribution in [0, 0.1) is 34.6 Å². The summed E-state index contributed by atoms with van der Waals surface area (Å²) < 4.78 is 29.6. The zero-order chi connectivity index (χ0) is 19.2. The summed E-state index contributed by atoms with van der Waals surface area (Å²) in [4.78, 5) is 2.99. The van der Waals surface area contributed by atoms with E-state index in [1.54, 1.807) is 0 Å². The van der Waals surface area contributed by atoms with Crippen LogP contribution in [0.2, 0.25) is 0 Å². The number of sulfonamides is 1. The van der Waals surface area contributed by atoms with E-state index in [1.165, 1.54) is 5.56 Å². The largest absolute Gasteiger partial charge is 0.303 e. The van der Waals surface area contributed by atoms with E-state index in [0.717, 1.165) is 67.6 Å². The van der Waals surface area contributed by atoms with Gasteiger partial charge in [-0.3, -0.25) is 0 Å². The van der Waals surface area contributed by atoms with Crippen molar-refractivity contribution < 1.29 is 8.42 Å². The Hall–Kier alpha value is -0.910. The van der Waals surface area contributed by atoms with Gasteiger partial charge in [0.05, 0.1) is 4.90 Å². The van der Waals surface area contributed by atoms with E-state index in [1.807, 2.05) is 18.2 Å². The van der Waals surface area contributed by atoms with Gasteiger partial charge in [-0.25, -0.2) is 8.42 Å². The first-order chi connectivity index (χ1) is 12.2. The first-order valence-corrected chi connectivity index (χ1v) is 11.5. The monoisotopic (exact) mass is 378 g/mol. The number of piperidine rings is 1. The molecule has 0 spiro atoms. The molecule has 0 atom stereocenters. The van der Waals surface area contributed by atoms with Gasteiger partial charge in [0.15, 0.2) is 0 Å². The normalized spacial score (nSPS) is 20.1. The van der Waals surface area contributed by atoms with Gasteiger partial charge in [0, 0.05) is 12.1 Å². The number of hydrogen-bond donors (Lipinski definition) is 0. The maximum Gasteiger partial charge on any atom is 0.244 e. The van der Waals surface area contributed by atoms with Crippen molar-refractivity contribution >= 4 is 10.0 Å². The lowest BCUT2D eigenvalue weighted by molar-refractivity contribution is 0.161. The van der Waals surface area contributed by atoms with Gasteiger partial charge in [-0.2, -0.15) is 4.31 Å². The zero-order valence-corrected chi connectivity index (χ0v) is 18.0. The number of benzene rings is 1. The third kappa shape index (κ3) is 3.34. The molecule has 0 amide bonds. The van der Waals surface area contributed by atoms with E-state index >= 15 is 0 Å². The standard InChI is InChI=1S/C21H34N2O2S/c1-7-22-12-10-20(11-13-22)23(19-8-9-19)26(24,25)21-17(5)15(3)14(2)16(4)18(21)6/h19-20H,7-13H2,1-6H3. The third-order valence-corrected chi connectivity index (χ3v) is 9.02. The molecule has 3 rings (SSSR count). The van der Waals surface area contributed by atoms with Crippen molar-refractivity contribution in [2.45, 2.75) is 84.2 Å². The SMILES string of the molecule is CCN1CCC(N(C2CC2)S(=O)(=O)c2c(C)c(C)c(C)c(C)c2C)CC1. The Morgan fingerprint density at radius 1 is 0.808 bits per heavy atom. The van der Waals surface area contributed by atoms with Crippen molar-refractivity contribution in [3.05, 3.63) is 27.8 Å². The van der Waals surface area contributed by atoms with Crippen molar-refractivity contribution in [1.29, 1.82) is 0 Å². The summed E-state index contributed by atoms with van der Waals surface area (Å²) in [6, 6.07) is 0.356. The molecule has 1 aliphatic carbocycles. The van der Waals surface area contributed by atoms with Crippen LogP contribution in [0.3, 0.4) is 0 Å². The highest BCUT2D eigenvalue weighted by Crippen LogP contribution is 2.39. The molecule has 2 fully saturated rings. The minimum Gasteiger partial charge on any atom is -0.303 e. The van der Waals surface area contributed by atoms with E-state index in [0.29, 0.717) is 4.90 Å². The van der Waals surface area contributed by atoms with Gasteiger partial charge in [0.1, 0.15) is 0 Å². The van der Waals surface area contributed by atoms with E-state index in [-0.39, 0.29) is 12.1 Å². The summed E-state index contributed by atoms with van der Waals surface area (Å²) in [6.07, 6.45) is 3.92. The fraction of sp³-hybridized carbons (Fsp3) is 0.714. The van der Waals surface area contributed by atoms with Crippen LogP contribution in [0.5, 0.6) is 0 Å². The second kappa shape index (κ2) is 7.25. The van der Waals surface area contributed by atoms with Crippen molar-refractivity contribution in [2.24, 2.45) is 0 Å². The van der Waals surface area contributed by atoms with Gasteiger partial charge in [-0.15, -0.1) is 0 Å². The summed E-state index contributed by atoms with van der Waals surface area (Å²) in [5.74, 6) is 0. The predicted octanol–water partition coefficient (Wildman–Crippen LogP) is 3.87. The van der Waals surface area contributed by atoms with Gasteiger partial charge < -0.3 is 4.90 Å². The molecule has 1 saturated heterocycles. The van der Waals surface area contributed by atoms with E-state index in [9.17, 15) is 8.42 Å². The molecule has 0 aromatic heterocycles. The molecule has 1 saturated carbocycles. The Morgan fingerprint density at radius 3 is 1.65 bits per heavy atom. The quantitative estimate of drug-likeness (QED) is 0.781. The number of hydrogen-bond acceptors (Lipinski definition) is 3. The number of likely N-dealkylation sites (tertiary alicyclic amines) is 1. The molecule has 1 heterocycles. The molecule has 0 bridgehead atoms. The topological polar surface area (TPSA) is 40.6 Å². The number of nitrogens with zero attached hydrogens (tertiary/aromatic N) is 2. The van der Waals surface area contributed by atoms with Crippen LogP contribution in [-0.2, 0) is 10.0 Å². The first kappa shape index (κ1) is 19.8. The summed E-state index contributed by atoms with van der Waals surface area (Å²) in [7, 11) is -3.47.